The smallest absolute Gasteiger partial charge is 0.127 e. The van der Waals surface area contributed by atoms with E-state index in [1.54, 1.807) is 19.4 Å². The second-order valence-corrected chi connectivity index (χ2v) is 4.61. The number of nitrogens with one attached hydrogen (secondary N) is 1. The summed E-state index contributed by atoms with van der Waals surface area (Å²) >= 11 is 1.53. The molecule has 1 aromatic carbocycles. The van der Waals surface area contributed by atoms with Crippen molar-refractivity contribution in [2.75, 3.05) is 14.2 Å². The first-order valence-electron chi connectivity index (χ1n) is 5.18. The Balaban J connectivity index is 2.40. The molecule has 1 heterocycles. The molecule has 2 aromatic rings. The number of hydrogen-bond acceptors (Lipinski definition) is 4. The summed E-state index contributed by atoms with van der Waals surface area (Å²) in [6.07, 6.45) is 1.74. The summed E-state index contributed by atoms with van der Waals surface area (Å²) in [4.78, 5) is 5.17. The van der Waals surface area contributed by atoms with Crippen LogP contribution in [0.3, 0.4) is 0 Å². The molecular formula is C12H13FN2OS. The predicted molar refractivity (Wildman–Crippen MR) is 66.8 cm³/mol. The van der Waals surface area contributed by atoms with Gasteiger partial charge in [0, 0.05) is 18.3 Å². The first kappa shape index (κ1) is 12.0. The van der Waals surface area contributed by atoms with Gasteiger partial charge >= 0.3 is 0 Å². The summed E-state index contributed by atoms with van der Waals surface area (Å²) in [7, 11) is 3.44. The van der Waals surface area contributed by atoms with Gasteiger partial charge in [0.25, 0.3) is 0 Å². The van der Waals surface area contributed by atoms with Gasteiger partial charge in [-0.1, -0.05) is 0 Å². The molecule has 0 bridgehead atoms. The molecule has 3 nitrogen and oxygen atoms in total. The van der Waals surface area contributed by atoms with Crippen LogP contribution in [0.4, 0.5) is 4.39 Å². The number of nitrogens with zero attached hydrogens (tertiary/aromatic N) is 1. The molecule has 0 amide bonds. The Morgan fingerprint density at radius 3 is 3.00 bits per heavy atom. The highest BCUT2D eigenvalue weighted by Crippen LogP contribution is 2.34. The zero-order valence-electron chi connectivity index (χ0n) is 9.66. The Kier molecular flexibility index (Phi) is 3.71. The van der Waals surface area contributed by atoms with E-state index >= 15 is 0 Å². The highest BCUT2D eigenvalue weighted by atomic mass is 32.1. The van der Waals surface area contributed by atoms with E-state index in [0.29, 0.717) is 12.3 Å². The van der Waals surface area contributed by atoms with Gasteiger partial charge in [-0.15, -0.1) is 11.3 Å². The lowest BCUT2D eigenvalue weighted by Gasteiger charge is -2.05. The second kappa shape index (κ2) is 5.25. The molecule has 0 aliphatic heterocycles. The van der Waals surface area contributed by atoms with Crippen LogP contribution in [0.2, 0.25) is 0 Å². The number of benzene rings is 1. The Labute approximate surface area is 103 Å². The average molecular weight is 252 g/mol. The molecule has 0 fully saturated rings. The molecule has 0 aliphatic carbocycles. The Morgan fingerprint density at radius 1 is 1.47 bits per heavy atom. The fraction of sp³-hybridized carbons (Fsp3) is 0.250. The summed E-state index contributed by atoms with van der Waals surface area (Å²) in [5.41, 5.74) is 0.743. The third kappa shape index (κ3) is 2.62. The Bertz CT molecular complexity index is 513. The second-order valence-electron chi connectivity index (χ2n) is 3.49. The number of rotatable bonds is 4. The van der Waals surface area contributed by atoms with Crippen molar-refractivity contribution in [2.24, 2.45) is 0 Å². The minimum Gasteiger partial charge on any atom is -0.496 e. The minimum absolute atomic E-state index is 0.274. The first-order valence-corrected chi connectivity index (χ1v) is 5.99. The van der Waals surface area contributed by atoms with E-state index in [9.17, 15) is 4.39 Å². The van der Waals surface area contributed by atoms with Crippen molar-refractivity contribution >= 4 is 11.3 Å². The number of halogens is 1. The van der Waals surface area contributed by atoms with Crippen LogP contribution in [0, 0.1) is 5.82 Å². The van der Waals surface area contributed by atoms with Crippen LogP contribution in [-0.4, -0.2) is 19.1 Å². The highest BCUT2D eigenvalue weighted by molar-refractivity contribution is 7.15. The fourth-order valence-corrected chi connectivity index (χ4v) is 2.49. The van der Waals surface area contributed by atoms with E-state index in [4.69, 9.17) is 4.74 Å². The van der Waals surface area contributed by atoms with Gasteiger partial charge in [0.15, 0.2) is 0 Å². The number of thiazole rings is 1. The van der Waals surface area contributed by atoms with E-state index in [0.717, 1.165) is 15.4 Å². The van der Waals surface area contributed by atoms with Crippen LogP contribution < -0.4 is 10.1 Å². The average Bonchev–Trinajstić information content (AvgIpc) is 2.78. The van der Waals surface area contributed by atoms with Crippen LogP contribution in [0.25, 0.3) is 10.4 Å². The lowest BCUT2D eigenvalue weighted by molar-refractivity contribution is 0.415. The van der Waals surface area contributed by atoms with Crippen molar-refractivity contribution in [3.8, 4) is 16.2 Å². The van der Waals surface area contributed by atoms with Gasteiger partial charge in [0.2, 0.25) is 0 Å². The summed E-state index contributed by atoms with van der Waals surface area (Å²) in [5, 5.41) is 4.00. The number of hydrogen-bond donors (Lipinski definition) is 1. The zero-order valence-corrected chi connectivity index (χ0v) is 10.5. The van der Waals surface area contributed by atoms with Crippen molar-refractivity contribution in [1.29, 1.82) is 0 Å². The summed E-state index contributed by atoms with van der Waals surface area (Å²) < 4.78 is 18.5. The van der Waals surface area contributed by atoms with Gasteiger partial charge in [0.05, 0.1) is 12.0 Å². The SMILES string of the molecule is CNCc1ncc(-c2cc(F)ccc2OC)s1. The normalized spacial score (nSPS) is 10.5. The molecule has 1 N–H and O–H groups in total. The van der Waals surface area contributed by atoms with Gasteiger partial charge in [-0.25, -0.2) is 9.37 Å². The lowest BCUT2D eigenvalue weighted by Crippen LogP contribution is -2.03. The molecule has 0 saturated carbocycles. The van der Waals surface area contributed by atoms with Gasteiger partial charge in [-0.2, -0.15) is 0 Å². The number of aromatic nitrogens is 1. The maximum absolute atomic E-state index is 13.2. The molecule has 0 radical (unpaired) electrons. The zero-order chi connectivity index (χ0) is 12.3. The molecular weight excluding hydrogens is 239 g/mol. The monoisotopic (exact) mass is 252 g/mol. The van der Waals surface area contributed by atoms with Crippen LogP contribution in [0.15, 0.2) is 24.4 Å². The summed E-state index contributed by atoms with van der Waals surface area (Å²) in [5.74, 6) is 0.385. The standard InChI is InChI=1S/C12H13FN2OS/c1-14-7-12-15-6-11(17-12)9-5-8(13)3-4-10(9)16-2/h3-6,14H,7H2,1-2H3. The number of methoxy groups -OCH3 is 1. The van der Waals surface area contributed by atoms with Gasteiger partial charge in [-0.3, -0.25) is 0 Å². The molecule has 0 atom stereocenters. The van der Waals surface area contributed by atoms with E-state index in [1.165, 1.54) is 23.5 Å². The topological polar surface area (TPSA) is 34.2 Å². The van der Waals surface area contributed by atoms with Crippen molar-refractivity contribution in [1.82, 2.24) is 10.3 Å². The lowest BCUT2D eigenvalue weighted by atomic mass is 10.2. The van der Waals surface area contributed by atoms with Crippen molar-refractivity contribution in [3.63, 3.8) is 0 Å². The first-order chi connectivity index (χ1) is 8.24. The van der Waals surface area contributed by atoms with E-state index in [-0.39, 0.29) is 5.82 Å². The molecule has 0 aliphatic rings. The molecule has 17 heavy (non-hydrogen) atoms. The van der Waals surface area contributed by atoms with Crippen molar-refractivity contribution in [2.45, 2.75) is 6.54 Å². The van der Waals surface area contributed by atoms with Crippen molar-refractivity contribution in [3.05, 3.63) is 35.2 Å². The largest absolute Gasteiger partial charge is 0.496 e. The molecule has 2 rings (SSSR count). The Hall–Kier alpha value is -1.46. The third-order valence-corrected chi connectivity index (χ3v) is 3.34. The molecule has 0 saturated heterocycles. The van der Waals surface area contributed by atoms with Gasteiger partial charge < -0.3 is 10.1 Å². The van der Waals surface area contributed by atoms with Crippen LogP contribution in [0.1, 0.15) is 5.01 Å². The third-order valence-electron chi connectivity index (χ3n) is 2.31. The minimum atomic E-state index is -0.274. The molecule has 0 unspecified atom stereocenters. The van der Waals surface area contributed by atoms with Crippen molar-refractivity contribution < 1.29 is 9.13 Å². The van der Waals surface area contributed by atoms with E-state index < -0.39 is 0 Å². The van der Waals surface area contributed by atoms with Crippen LogP contribution in [0.5, 0.6) is 5.75 Å². The van der Waals surface area contributed by atoms with E-state index in [1.807, 2.05) is 7.05 Å². The van der Waals surface area contributed by atoms with Crippen LogP contribution in [-0.2, 0) is 6.54 Å². The number of ether oxygens (including phenoxy) is 1. The maximum Gasteiger partial charge on any atom is 0.127 e. The maximum atomic E-state index is 13.2. The van der Waals surface area contributed by atoms with E-state index in [2.05, 4.69) is 10.3 Å². The van der Waals surface area contributed by atoms with Gasteiger partial charge in [-0.05, 0) is 25.2 Å². The van der Waals surface area contributed by atoms with Gasteiger partial charge in [0.1, 0.15) is 16.6 Å². The molecule has 5 heteroatoms. The highest BCUT2D eigenvalue weighted by Gasteiger charge is 2.10. The molecule has 1 aromatic heterocycles. The predicted octanol–water partition coefficient (Wildman–Crippen LogP) is 2.68. The summed E-state index contributed by atoms with van der Waals surface area (Å²) in [6.45, 7) is 0.711. The fourth-order valence-electron chi connectivity index (χ4n) is 1.54. The summed E-state index contributed by atoms with van der Waals surface area (Å²) in [6, 6.07) is 4.48. The quantitative estimate of drug-likeness (QED) is 0.908. The molecule has 0 spiro atoms. The van der Waals surface area contributed by atoms with Crippen LogP contribution >= 0.6 is 11.3 Å². The Morgan fingerprint density at radius 2 is 2.29 bits per heavy atom. The molecule has 90 valence electrons.